The number of thiocarbonyl (C=S) groups is 1. The van der Waals surface area contributed by atoms with Crippen LogP contribution in [0.3, 0.4) is 0 Å². The Morgan fingerprint density at radius 2 is 1.76 bits per heavy atom. The highest BCUT2D eigenvalue weighted by Gasteiger charge is 2.34. The van der Waals surface area contributed by atoms with Crippen LogP contribution in [0.15, 0.2) is 77.7 Å². The van der Waals surface area contributed by atoms with Gasteiger partial charge in [0.1, 0.15) is 12.4 Å². The Hall–Kier alpha value is -4.35. The van der Waals surface area contributed by atoms with E-state index in [-0.39, 0.29) is 16.5 Å². The second-order valence-corrected chi connectivity index (χ2v) is 10.4. The largest absolute Gasteiger partial charge is 0.490 e. The molecule has 1 atom stereocenters. The summed E-state index contributed by atoms with van der Waals surface area (Å²) in [5.74, 6) is -0.810. The summed E-state index contributed by atoms with van der Waals surface area (Å²) in [6, 6.07) is 21.2. The Bertz CT molecular complexity index is 1460. The fraction of sp³-hybridized carbons (Fsp3) is 0.200. The number of carboxylic acid groups (broad SMARTS) is 1. The van der Waals surface area contributed by atoms with Crippen LogP contribution in [0.5, 0.6) is 17.2 Å². The van der Waals surface area contributed by atoms with Gasteiger partial charge in [-0.25, -0.2) is 4.79 Å². The lowest BCUT2D eigenvalue weighted by molar-refractivity contribution is -0.145. The molecule has 41 heavy (non-hydrogen) atoms. The van der Waals surface area contributed by atoms with E-state index in [0.717, 1.165) is 22.3 Å². The molecular weight excluding hydrogens is 564 g/mol. The quantitative estimate of drug-likeness (QED) is 0.209. The van der Waals surface area contributed by atoms with Crippen LogP contribution in [0, 0.1) is 0 Å². The number of rotatable bonds is 12. The maximum atomic E-state index is 13.1. The van der Waals surface area contributed by atoms with E-state index in [1.165, 1.54) is 0 Å². The molecule has 0 aliphatic carbocycles. The van der Waals surface area contributed by atoms with Crippen LogP contribution in [0.2, 0.25) is 0 Å². The molecule has 4 rings (SSSR count). The maximum Gasteiger partial charge on any atom is 0.344 e. The first-order chi connectivity index (χ1) is 19.8. The number of hydrogen-bond acceptors (Lipinski definition) is 8. The van der Waals surface area contributed by atoms with Gasteiger partial charge in [-0.05, 0) is 79.2 Å². The molecule has 3 aromatic carbocycles. The van der Waals surface area contributed by atoms with Crippen LogP contribution in [-0.4, -0.2) is 44.9 Å². The van der Waals surface area contributed by atoms with Gasteiger partial charge < -0.3 is 19.3 Å². The summed E-state index contributed by atoms with van der Waals surface area (Å²) < 4.78 is 17.2. The molecule has 0 radical (unpaired) electrons. The maximum absolute atomic E-state index is 13.1. The number of benzene rings is 3. The van der Waals surface area contributed by atoms with Crippen molar-refractivity contribution >= 4 is 52.2 Å². The molecule has 212 valence electrons. The zero-order valence-electron chi connectivity index (χ0n) is 22.4. The number of carbonyl (C=O) groups is 3. The predicted octanol–water partition coefficient (Wildman–Crippen LogP) is 5.45. The van der Waals surface area contributed by atoms with E-state index in [2.05, 4.69) is 5.43 Å². The average molecular weight is 593 g/mol. The summed E-state index contributed by atoms with van der Waals surface area (Å²) in [4.78, 5) is 37.6. The van der Waals surface area contributed by atoms with E-state index in [4.69, 9.17) is 26.4 Å². The molecule has 1 aliphatic heterocycles. The molecule has 2 N–H and O–H groups in total. The van der Waals surface area contributed by atoms with Crippen molar-refractivity contribution in [2.24, 2.45) is 0 Å². The Morgan fingerprint density at radius 1 is 1.02 bits per heavy atom. The van der Waals surface area contributed by atoms with Crippen molar-refractivity contribution in [2.75, 3.05) is 6.61 Å². The third-order valence-electron chi connectivity index (χ3n) is 5.85. The number of amides is 2. The van der Waals surface area contributed by atoms with Crippen molar-refractivity contribution in [3.8, 4) is 17.2 Å². The molecule has 1 heterocycles. The van der Waals surface area contributed by atoms with Gasteiger partial charge >= 0.3 is 5.97 Å². The molecule has 0 aromatic heterocycles. The summed E-state index contributed by atoms with van der Waals surface area (Å²) in [6.45, 7) is 4.24. The number of aliphatic carboxylic acids is 1. The average Bonchev–Trinajstić information content (AvgIpc) is 3.23. The van der Waals surface area contributed by atoms with Crippen molar-refractivity contribution in [1.29, 1.82) is 0 Å². The number of hydrazine groups is 1. The summed E-state index contributed by atoms with van der Waals surface area (Å²) >= 11 is 6.39. The van der Waals surface area contributed by atoms with E-state index in [1.54, 1.807) is 62.4 Å². The minimum atomic E-state index is -1.07. The number of nitrogens with one attached hydrogen (secondary N) is 1. The zero-order valence-corrected chi connectivity index (χ0v) is 24.0. The van der Waals surface area contributed by atoms with E-state index < -0.39 is 23.9 Å². The second kappa shape index (κ2) is 13.8. The fourth-order valence-electron chi connectivity index (χ4n) is 3.77. The highest BCUT2D eigenvalue weighted by Crippen LogP contribution is 2.35. The highest BCUT2D eigenvalue weighted by molar-refractivity contribution is 8.26. The summed E-state index contributed by atoms with van der Waals surface area (Å²) in [6.07, 6.45) is 0.881. The van der Waals surface area contributed by atoms with Crippen LogP contribution >= 0.6 is 24.0 Å². The Labute approximate surface area is 247 Å². The summed E-state index contributed by atoms with van der Waals surface area (Å²) in [5, 5.41) is 10.4. The minimum Gasteiger partial charge on any atom is -0.490 e. The molecule has 1 saturated heterocycles. The third-order valence-corrected chi connectivity index (χ3v) is 7.15. The summed E-state index contributed by atoms with van der Waals surface area (Å²) in [7, 11) is 0. The molecule has 0 saturated carbocycles. The van der Waals surface area contributed by atoms with Gasteiger partial charge in [0.25, 0.3) is 11.8 Å². The smallest absolute Gasteiger partial charge is 0.344 e. The lowest BCUT2D eigenvalue weighted by atomic mass is 10.1. The number of hydrogen-bond donors (Lipinski definition) is 2. The minimum absolute atomic E-state index is 0.176. The predicted molar refractivity (Wildman–Crippen MR) is 160 cm³/mol. The fourth-order valence-corrected chi connectivity index (χ4v) is 4.95. The number of ether oxygens (including phenoxy) is 3. The molecular formula is C30H28N2O7S2. The Kier molecular flexibility index (Phi) is 9.99. The number of carboxylic acids is 1. The van der Waals surface area contributed by atoms with Crippen LogP contribution in [0.1, 0.15) is 41.8 Å². The van der Waals surface area contributed by atoms with Crippen LogP contribution in [-0.2, 0) is 16.2 Å². The standard InChI is InChI=1S/C30H28N2O7S2/c1-3-23(29(35)36)39-24-15-10-20(16-25(24)37-4-2)17-26-28(34)32(30(40)41-26)31-27(33)21-11-13-22(14-12-21)38-18-19-8-6-5-7-9-19/h5-17,23H,3-4,18H2,1-2H3,(H,31,33)(H,35,36)/b26-17+. The molecule has 2 amide bonds. The number of nitrogens with zero attached hydrogens (tertiary/aromatic N) is 1. The van der Waals surface area contributed by atoms with E-state index >= 15 is 0 Å². The topological polar surface area (TPSA) is 114 Å². The SMILES string of the molecule is CCOc1cc(/C=C2/SC(=S)N(NC(=O)c3ccc(OCc4ccccc4)cc3)C2=O)ccc1OC(CC)C(=O)O. The molecule has 11 heteroatoms. The van der Waals surface area contributed by atoms with Gasteiger partial charge in [0.05, 0.1) is 11.5 Å². The van der Waals surface area contributed by atoms with Gasteiger partial charge in [0.15, 0.2) is 21.9 Å². The van der Waals surface area contributed by atoms with E-state index in [1.807, 2.05) is 30.3 Å². The molecule has 1 fully saturated rings. The first-order valence-electron chi connectivity index (χ1n) is 12.8. The van der Waals surface area contributed by atoms with Crippen molar-refractivity contribution in [1.82, 2.24) is 10.4 Å². The third kappa shape index (κ3) is 7.65. The highest BCUT2D eigenvalue weighted by atomic mass is 32.2. The molecule has 0 bridgehead atoms. The second-order valence-electron chi connectivity index (χ2n) is 8.75. The van der Waals surface area contributed by atoms with Gasteiger partial charge in [0, 0.05) is 5.56 Å². The Morgan fingerprint density at radius 3 is 2.41 bits per heavy atom. The molecule has 9 nitrogen and oxygen atoms in total. The first kappa shape index (κ1) is 29.6. The van der Waals surface area contributed by atoms with Crippen molar-refractivity contribution in [2.45, 2.75) is 33.0 Å². The lowest BCUT2D eigenvalue weighted by Crippen LogP contribution is -2.44. The molecule has 3 aromatic rings. The van der Waals surface area contributed by atoms with E-state index in [9.17, 15) is 19.5 Å². The van der Waals surface area contributed by atoms with E-state index in [0.29, 0.717) is 40.7 Å². The van der Waals surface area contributed by atoms with Crippen molar-refractivity contribution < 1.29 is 33.7 Å². The van der Waals surface area contributed by atoms with Crippen molar-refractivity contribution in [3.05, 3.63) is 94.4 Å². The van der Waals surface area contributed by atoms with Crippen molar-refractivity contribution in [3.63, 3.8) is 0 Å². The molecule has 1 aliphatic rings. The zero-order chi connectivity index (χ0) is 29.4. The monoisotopic (exact) mass is 592 g/mol. The number of thioether (sulfide) groups is 1. The summed E-state index contributed by atoms with van der Waals surface area (Å²) in [5.41, 5.74) is 4.54. The van der Waals surface area contributed by atoms with Gasteiger partial charge in [0.2, 0.25) is 0 Å². The normalized spacial score (nSPS) is 14.6. The van der Waals surface area contributed by atoms with Gasteiger partial charge in [-0.3, -0.25) is 15.0 Å². The number of carbonyl (C=O) groups excluding carboxylic acids is 2. The Balaban J connectivity index is 1.41. The first-order valence-corrected chi connectivity index (χ1v) is 14.0. The van der Waals surface area contributed by atoms with Gasteiger partial charge in [-0.1, -0.05) is 55.1 Å². The molecule has 1 unspecified atom stereocenters. The lowest BCUT2D eigenvalue weighted by Gasteiger charge is -2.17. The molecule has 0 spiro atoms. The van der Waals surface area contributed by atoms with Crippen LogP contribution < -0.4 is 19.6 Å². The van der Waals surface area contributed by atoms with Gasteiger partial charge in [-0.2, -0.15) is 5.01 Å². The van der Waals surface area contributed by atoms with Crippen LogP contribution in [0.25, 0.3) is 6.08 Å². The van der Waals surface area contributed by atoms with Crippen LogP contribution in [0.4, 0.5) is 0 Å². The van der Waals surface area contributed by atoms with Gasteiger partial charge in [-0.15, -0.1) is 0 Å².